The van der Waals surface area contributed by atoms with Gasteiger partial charge in [0, 0.05) is 13.0 Å². The van der Waals surface area contributed by atoms with E-state index in [1.165, 1.54) is 0 Å². The zero-order chi connectivity index (χ0) is 14.1. The number of carbonyl (C=O) groups excluding carboxylic acids is 1. The van der Waals surface area contributed by atoms with Crippen LogP contribution in [0.5, 0.6) is 5.75 Å². The van der Waals surface area contributed by atoms with E-state index in [0.29, 0.717) is 26.0 Å². The van der Waals surface area contributed by atoms with Gasteiger partial charge in [-0.2, -0.15) is 0 Å². The fourth-order valence-corrected chi connectivity index (χ4v) is 1.66. The van der Waals surface area contributed by atoms with Gasteiger partial charge in [-0.05, 0) is 38.0 Å². The van der Waals surface area contributed by atoms with E-state index in [-0.39, 0.29) is 12.0 Å². The highest BCUT2D eigenvalue weighted by Gasteiger charge is 2.03. The van der Waals surface area contributed by atoms with Crippen molar-refractivity contribution < 1.29 is 14.3 Å². The van der Waals surface area contributed by atoms with Crippen LogP contribution in [0.25, 0.3) is 0 Å². The maximum Gasteiger partial charge on any atom is 0.220 e. The SMILES string of the molecule is COc1cccc(CCC(=O)NCCOC(C)C)c1. The van der Waals surface area contributed by atoms with Gasteiger partial charge in [0.15, 0.2) is 0 Å². The fraction of sp³-hybridized carbons (Fsp3) is 0.533. The molecule has 0 bridgehead atoms. The van der Waals surface area contributed by atoms with Crippen LogP contribution in [0, 0.1) is 0 Å². The first-order chi connectivity index (χ1) is 9.11. The van der Waals surface area contributed by atoms with Crippen LogP contribution < -0.4 is 10.1 Å². The van der Waals surface area contributed by atoms with Gasteiger partial charge >= 0.3 is 0 Å². The molecule has 0 heterocycles. The van der Waals surface area contributed by atoms with Gasteiger partial charge in [0.2, 0.25) is 5.91 Å². The van der Waals surface area contributed by atoms with Crippen molar-refractivity contribution >= 4 is 5.91 Å². The molecule has 0 atom stereocenters. The molecule has 0 spiro atoms. The van der Waals surface area contributed by atoms with E-state index in [4.69, 9.17) is 9.47 Å². The van der Waals surface area contributed by atoms with Gasteiger partial charge in [-0.3, -0.25) is 4.79 Å². The molecule has 4 heteroatoms. The average Bonchev–Trinajstić information content (AvgIpc) is 2.41. The third-order valence-electron chi connectivity index (χ3n) is 2.65. The van der Waals surface area contributed by atoms with Gasteiger partial charge in [-0.25, -0.2) is 0 Å². The number of aryl methyl sites for hydroxylation is 1. The van der Waals surface area contributed by atoms with Gasteiger partial charge in [-0.1, -0.05) is 12.1 Å². The fourth-order valence-electron chi connectivity index (χ4n) is 1.66. The van der Waals surface area contributed by atoms with Crippen molar-refractivity contribution in [2.24, 2.45) is 0 Å². The first-order valence-electron chi connectivity index (χ1n) is 6.63. The van der Waals surface area contributed by atoms with Crippen molar-refractivity contribution in [3.63, 3.8) is 0 Å². The predicted octanol–water partition coefficient (Wildman–Crippen LogP) is 2.17. The highest BCUT2D eigenvalue weighted by atomic mass is 16.5. The molecule has 1 N–H and O–H groups in total. The summed E-state index contributed by atoms with van der Waals surface area (Å²) in [5.74, 6) is 0.874. The summed E-state index contributed by atoms with van der Waals surface area (Å²) in [4.78, 5) is 11.6. The summed E-state index contributed by atoms with van der Waals surface area (Å²) >= 11 is 0. The van der Waals surface area contributed by atoms with E-state index >= 15 is 0 Å². The maximum atomic E-state index is 11.6. The molecule has 0 aliphatic rings. The molecule has 0 aromatic heterocycles. The van der Waals surface area contributed by atoms with Gasteiger partial charge in [-0.15, -0.1) is 0 Å². The van der Waals surface area contributed by atoms with Crippen molar-refractivity contribution in [3.05, 3.63) is 29.8 Å². The van der Waals surface area contributed by atoms with E-state index in [9.17, 15) is 4.79 Å². The Labute approximate surface area is 115 Å². The molecule has 0 aliphatic carbocycles. The number of rotatable bonds is 8. The molecule has 1 rings (SSSR count). The largest absolute Gasteiger partial charge is 0.497 e. The third kappa shape index (κ3) is 6.82. The molecule has 0 fully saturated rings. The third-order valence-corrected chi connectivity index (χ3v) is 2.65. The minimum Gasteiger partial charge on any atom is -0.497 e. The molecule has 1 aromatic rings. The lowest BCUT2D eigenvalue weighted by Crippen LogP contribution is -2.28. The number of amides is 1. The Morgan fingerprint density at radius 1 is 1.37 bits per heavy atom. The van der Waals surface area contributed by atoms with Crippen molar-refractivity contribution in [2.45, 2.75) is 32.8 Å². The number of ether oxygens (including phenoxy) is 2. The summed E-state index contributed by atoms with van der Waals surface area (Å²) in [5.41, 5.74) is 1.10. The van der Waals surface area contributed by atoms with Crippen LogP contribution in [0.15, 0.2) is 24.3 Å². The molecule has 0 unspecified atom stereocenters. The van der Waals surface area contributed by atoms with Crippen LogP contribution in [0.1, 0.15) is 25.8 Å². The molecule has 0 saturated heterocycles. The van der Waals surface area contributed by atoms with E-state index in [1.807, 2.05) is 38.1 Å². The van der Waals surface area contributed by atoms with E-state index < -0.39 is 0 Å². The molecule has 1 aromatic carbocycles. The summed E-state index contributed by atoms with van der Waals surface area (Å²) in [5, 5.41) is 2.84. The summed E-state index contributed by atoms with van der Waals surface area (Å²) in [6.07, 6.45) is 1.40. The summed E-state index contributed by atoms with van der Waals surface area (Å²) in [6.45, 7) is 5.08. The first-order valence-corrected chi connectivity index (χ1v) is 6.63. The minimum atomic E-state index is 0.0511. The van der Waals surface area contributed by atoms with Gasteiger partial charge < -0.3 is 14.8 Å². The van der Waals surface area contributed by atoms with Crippen molar-refractivity contribution in [3.8, 4) is 5.75 Å². The van der Waals surface area contributed by atoms with Crippen LogP contribution in [0.4, 0.5) is 0 Å². The highest BCUT2D eigenvalue weighted by molar-refractivity contribution is 5.76. The highest BCUT2D eigenvalue weighted by Crippen LogP contribution is 2.13. The number of carbonyl (C=O) groups is 1. The summed E-state index contributed by atoms with van der Waals surface area (Å²) < 4.78 is 10.5. The molecule has 4 nitrogen and oxygen atoms in total. The quantitative estimate of drug-likeness (QED) is 0.733. The zero-order valence-corrected chi connectivity index (χ0v) is 11.9. The molecule has 19 heavy (non-hydrogen) atoms. The Balaban J connectivity index is 2.22. The van der Waals surface area contributed by atoms with Crippen molar-refractivity contribution in [1.82, 2.24) is 5.32 Å². The summed E-state index contributed by atoms with van der Waals surface area (Å²) in [6, 6.07) is 7.78. The van der Waals surface area contributed by atoms with Crippen molar-refractivity contribution in [1.29, 1.82) is 0 Å². The van der Waals surface area contributed by atoms with Crippen LogP contribution in [0.3, 0.4) is 0 Å². The van der Waals surface area contributed by atoms with E-state index in [0.717, 1.165) is 11.3 Å². The second-order valence-corrected chi connectivity index (χ2v) is 4.62. The molecule has 106 valence electrons. The number of nitrogens with one attached hydrogen (secondary N) is 1. The number of methoxy groups -OCH3 is 1. The molecule has 0 saturated carbocycles. The lowest BCUT2D eigenvalue weighted by Gasteiger charge is -2.09. The van der Waals surface area contributed by atoms with E-state index in [2.05, 4.69) is 5.32 Å². The van der Waals surface area contributed by atoms with E-state index in [1.54, 1.807) is 7.11 Å². The molecule has 0 aliphatic heterocycles. The van der Waals surface area contributed by atoms with Crippen LogP contribution in [-0.2, 0) is 16.0 Å². The lowest BCUT2D eigenvalue weighted by molar-refractivity contribution is -0.121. The van der Waals surface area contributed by atoms with Crippen molar-refractivity contribution in [2.75, 3.05) is 20.3 Å². The van der Waals surface area contributed by atoms with Crippen LogP contribution >= 0.6 is 0 Å². The zero-order valence-electron chi connectivity index (χ0n) is 11.9. The molecule has 0 radical (unpaired) electrons. The van der Waals surface area contributed by atoms with Gasteiger partial charge in [0.25, 0.3) is 0 Å². The second-order valence-electron chi connectivity index (χ2n) is 4.62. The average molecular weight is 265 g/mol. The Kier molecular flexibility index (Phi) is 6.97. The minimum absolute atomic E-state index is 0.0511. The smallest absolute Gasteiger partial charge is 0.220 e. The van der Waals surface area contributed by atoms with Gasteiger partial charge in [0.05, 0.1) is 19.8 Å². The first kappa shape index (κ1) is 15.5. The van der Waals surface area contributed by atoms with Crippen LogP contribution in [-0.4, -0.2) is 32.3 Å². The van der Waals surface area contributed by atoms with Crippen LogP contribution in [0.2, 0.25) is 0 Å². The Morgan fingerprint density at radius 3 is 2.84 bits per heavy atom. The predicted molar refractivity (Wildman–Crippen MR) is 75.4 cm³/mol. The normalized spacial score (nSPS) is 10.5. The maximum absolute atomic E-state index is 11.6. The Morgan fingerprint density at radius 2 is 2.16 bits per heavy atom. The number of hydrogen-bond acceptors (Lipinski definition) is 3. The van der Waals surface area contributed by atoms with Gasteiger partial charge in [0.1, 0.15) is 5.75 Å². The Hall–Kier alpha value is -1.55. The standard InChI is InChI=1S/C15H23NO3/c1-12(2)19-10-9-16-15(17)8-7-13-5-4-6-14(11-13)18-3/h4-6,11-12H,7-10H2,1-3H3,(H,16,17). The Bertz CT molecular complexity index is 391. The summed E-state index contributed by atoms with van der Waals surface area (Å²) in [7, 11) is 1.64. The second kappa shape index (κ2) is 8.53. The molecular formula is C15H23NO3. The molecule has 1 amide bonds. The topological polar surface area (TPSA) is 47.6 Å². The number of benzene rings is 1. The lowest BCUT2D eigenvalue weighted by atomic mass is 10.1. The molecular weight excluding hydrogens is 242 g/mol. The number of hydrogen-bond donors (Lipinski definition) is 1. The monoisotopic (exact) mass is 265 g/mol.